The van der Waals surface area contributed by atoms with Crippen molar-refractivity contribution in [3.8, 4) is 6.07 Å². The van der Waals surface area contributed by atoms with Gasteiger partial charge in [0.25, 0.3) is 0 Å². The molecule has 0 bridgehead atoms. The number of aryl methyl sites for hydroxylation is 1. The van der Waals surface area contributed by atoms with Gasteiger partial charge >= 0.3 is 5.63 Å². The molecule has 0 fully saturated rings. The van der Waals surface area contributed by atoms with Crippen LogP contribution in [-0.4, -0.2) is 16.5 Å². The summed E-state index contributed by atoms with van der Waals surface area (Å²) in [6.07, 6.45) is 0. The zero-order chi connectivity index (χ0) is 20.6. The first-order valence-electron chi connectivity index (χ1n) is 8.19. The van der Waals surface area contributed by atoms with E-state index in [4.69, 9.17) is 4.42 Å². The molecular weight excluding hydrogens is 508 g/mol. The average molecular weight is 522 g/mol. The Morgan fingerprint density at radius 2 is 1.93 bits per heavy atom. The van der Waals surface area contributed by atoms with Crippen molar-refractivity contribution < 1.29 is 9.21 Å². The van der Waals surface area contributed by atoms with Crippen LogP contribution in [0.4, 0.5) is 0 Å². The second-order valence-electron chi connectivity index (χ2n) is 6.20. The lowest BCUT2D eigenvalue weighted by Gasteiger charge is -2.10. The van der Waals surface area contributed by atoms with Crippen molar-refractivity contribution in [2.45, 2.75) is 25.8 Å². The fraction of sp³-hybridized carbons (Fsp3) is 0.200. The molecule has 28 heavy (non-hydrogen) atoms. The topological polar surface area (TPSA) is 84.0 Å². The lowest BCUT2D eigenvalue weighted by molar-refractivity contribution is 0.101. The van der Waals surface area contributed by atoms with Crippen molar-refractivity contribution in [2.24, 2.45) is 0 Å². The van der Waals surface area contributed by atoms with Gasteiger partial charge in [0.2, 0.25) is 0 Å². The minimum absolute atomic E-state index is 0.0188. The van der Waals surface area contributed by atoms with Gasteiger partial charge in [0.15, 0.2) is 11.4 Å². The molecule has 0 N–H and O–H groups in total. The van der Waals surface area contributed by atoms with Gasteiger partial charge in [0.05, 0.1) is 15.8 Å². The van der Waals surface area contributed by atoms with Gasteiger partial charge in [-0.05, 0) is 66.0 Å². The Bertz CT molecular complexity index is 1230. The Morgan fingerprint density at radius 3 is 2.61 bits per heavy atom. The largest absolute Gasteiger partial charge is 0.421 e. The quantitative estimate of drug-likeness (QED) is 0.256. The van der Waals surface area contributed by atoms with Gasteiger partial charge in [-0.15, -0.1) is 0 Å². The van der Waals surface area contributed by atoms with Gasteiger partial charge in [-0.2, -0.15) is 5.26 Å². The second-order valence-corrected chi connectivity index (χ2v) is 8.94. The molecule has 1 aromatic carbocycles. The Balaban J connectivity index is 1.94. The maximum absolute atomic E-state index is 12.7. The fourth-order valence-electron chi connectivity index (χ4n) is 2.71. The number of thioether (sulfide) groups is 1. The third kappa shape index (κ3) is 3.93. The molecule has 0 saturated heterocycles. The number of hydrogen-bond acceptors (Lipinski definition) is 6. The van der Waals surface area contributed by atoms with E-state index in [-0.39, 0.29) is 17.1 Å². The number of nitriles is 1. The van der Waals surface area contributed by atoms with E-state index in [2.05, 4.69) is 42.9 Å². The van der Waals surface area contributed by atoms with Crippen molar-refractivity contribution in [3.63, 3.8) is 0 Å². The van der Waals surface area contributed by atoms with Gasteiger partial charge in [0.1, 0.15) is 16.7 Å². The number of halogens is 2. The molecule has 3 rings (SSSR count). The van der Waals surface area contributed by atoms with Crippen LogP contribution < -0.4 is 5.63 Å². The first-order valence-corrected chi connectivity index (χ1v) is 10.8. The van der Waals surface area contributed by atoms with Crippen molar-refractivity contribution in [2.75, 3.05) is 5.75 Å². The molecule has 5 nitrogen and oxygen atoms in total. The second kappa shape index (κ2) is 8.19. The standard InChI is InChI=1S/C20H14Br2N2O3S/c1-9-10(2)15(7-23)19(24-11(9)3)28-8-17(25)14-5-12-4-13(21)6-16(22)18(12)27-20(14)26/h4-6H,8H2,1-3H3. The van der Waals surface area contributed by atoms with Crippen LogP contribution in [0, 0.1) is 32.1 Å². The van der Waals surface area contributed by atoms with Gasteiger partial charge < -0.3 is 4.42 Å². The van der Waals surface area contributed by atoms with Gasteiger partial charge in [-0.1, -0.05) is 27.7 Å². The summed E-state index contributed by atoms with van der Waals surface area (Å²) in [5.41, 5.74) is 2.75. The molecule has 8 heteroatoms. The molecule has 3 aromatic rings. The van der Waals surface area contributed by atoms with Crippen LogP contribution in [0.3, 0.4) is 0 Å². The smallest absolute Gasteiger partial charge is 0.347 e. The molecule has 0 aliphatic heterocycles. The molecular formula is C20H14Br2N2O3S. The monoisotopic (exact) mass is 520 g/mol. The lowest BCUT2D eigenvalue weighted by atomic mass is 10.1. The molecule has 0 unspecified atom stereocenters. The number of hydrogen-bond donors (Lipinski definition) is 0. The van der Waals surface area contributed by atoms with E-state index >= 15 is 0 Å². The van der Waals surface area contributed by atoms with Crippen LogP contribution in [0.5, 0.6) is 0 Å². The zero-order valence-corrected chi connectivity index (χ0v) is 19.2. The zero-order valence-electron chi connectivity index (χ0n) is 15.2. The number of rotatable bonds is 4. The Hall–Kier alpha value is -1.95. The summed E-state index contributed by atoms with van der Waals surface area (Å²) in [6, 6.07) is 7.23. The number of nitrogens with zero attached hydrogens (tertiary/aromatic N) is 2. The van der Waals surface area contributed by atoms with E-state index in [0.717, 1.165) is 33.1 Å². The molecule has 0 aliphatic carbocycles. The minimum atomic E-state index is -0.689. The van der Waals surface area contributed by atoms with Crippen molar-refractivity contribution >= 4 is 60.4 Å². The maximum atomic E-state index is 12.7. The summed E-state index contributed by atoms with van der Waals surface area (Å²) in [5, 5.41) is 10.6. The molecule has 0 radical (unpaired) electrons. The van der Waals surface area contributed by atoms with Crippen LogP contribution in [-0.2, 0) is 0 Å². The van der Waals surface area contributed by atoms with E-state index < -0.39 is 5.63 Å². The highest BCUT2D eigenvalue weighted by atomic mass is 79.9. The van der Waals surface area contributed by atoms with Crippen LogP contribution in [0.15, 0.2) is 41.4 Å². The lowest BCUT2D eigenvalue weighted by Crippen LogP contribution is -2.16. The SMILES string of the molecule is Cc1nc(SCC(=O)c2cc3cc(Br)cc(Br)c3oc2=O)c(C#N)c(C)c1C. The molecule has 0 saturated carbocycles. The molecule has 0 amide bonds. The van der Waals surface area contributed by atoms with Gasteiger partial charge in [0, 0.05) is 15.6 Å². The van der Waals surface area contributed by atoms with Crippen molar-refractivity contribution in [1.82, 2.24) is 4.98 Å². The molecule has 0 atom stereocenters. The summed E-state index contributed by atoms with van der Waals surface area (Å²) in [6.45, 7) is 5.64. The molecule has 2 aromatic heterocycles. The highest BCUT2D eigenvalue weighted by Crippen LogP contribution is 2.29. The first-order chi connectivity index (χ1) is 13.2. The highest BCUT2D eigenvalue weighted by Gasteiger charge is 2.18. The predicted octanol–water partition coefficient (Wildman–Crippen LogP) is 5.48. The average Bonchev–Trinajstić information content (AvgIpc) is 2.64. The molecule has 0 aliphatic rings. The van der Waals surface area contributed by atoms with Crippen LogP contribution in [0.1, 0.15) is 32.7 Å². The number of fused-ring (bicyclic) bond motifs is 1. The number of aromatic nitrogens is 1. The number of ketones is 1. The van der Waals surface area contributed by atoms with Crippen molar-refractivity contribution in [1.29, 1.82) is 5.26 Å². The van der Waals surface area contributed by atoms with E-state index in [9.17, 15) is 14.9 Å². The summed E-state index contributed by atoms with van der Waals surface area (Å²) >= 11 is 7.88. The molecule has 0 spiro atoms. The van der Waals surface area contributed by atoms with Crippen LogP contribution in [0.25, 0.3) is 11.0 Å². The summed E-state index contributed by atoms with van der Waals surface area (Å²) in [4.78, 5) is 29.4. The van der Waals surface area contributed by atoms with E-state index in [0.29, 0.717) is 26.0 Å². The summed E-state index contributed by atoms with van der Waals surface area (Å²) in [5.74, 6) is -0.395. The molecule has 2 heterocycles. The van der Waals surface area contributed by atoms with Crippen LogP contribution >= 0.6 is 43.6 Å². The molecule has 142 valence electrons. The third-order valence-electron chi connectivity index (χ3n) is 4.47. The fourth-order valence-corrected chi connectivity index (χ4v) is 5.02. The Labute approximate surface area is 182 Å². The van der Waals surface area contributed by atoms with E-state index in [1.165, 1.54) is 6.07 Å². The van der Waals surface area contributed by atoms with Crippen molar-refractivity contribution in [3.05, 3.63) is 65.5 Å². The highest BCUT2D eigenvalue weighted by molar-refractivity contribution is 9.11. The number of carbonyl (C=O) groups excluding carboxylic acids is 1. The summed E-state index contributed by atoms with van der Waals surface area (Å²) < 4.78 is 6.74. The number of pyridine rings is 1. The van der Waals surface area contributed by atoms with E-state index in [1.54, 1.807) is 12.1 Å². The number of Topliss-reactive ketones (excluding diaryl/α,β-unsaturated/α-hetero) is 1. The first kappa shape index (κ1) is 20.8. The number of benzene rings is 1. The third-order valence-corrected chi connectivity index (χ3v) is 6.49. The van der Waals surface area contributed by atoms with Gasteiger partial charge in [-0.3, -0.25) is 4.79 Å². The van der Waals surface area contributed by atoms with Crippen LogP contribution in [0.2, 0.25) is 0 Å². The maximum Gasteiger partial charge on any atom is 0.347 e. The number of carbonyl (C=O) groups is 1. The predicted molar refractivity (Wildman–Crippen MR) is 116 cm³/mol. The Kier molecular flexibility index (Phi) is 6.08. The summed E-state index contributed by atoms with van der Waals surface area (Å²) in [7, 11) is 0. The Morgan fingerprint density at radius 1 is 1.21 bits per heavy atom. The normalized spacial score (nSPS) is 10.9. The van der Waals surface area contributed by atoms with E-state index in [1.807, 2.05) is 20.8 Å². The van der Waals surface area contributed by atoms with Gasteiger partial charge in [-0.25, -0.2) is 9.78 Å². The minimum Gasteiger partial charge on any atom is -0.421 e.